The summed E-state index contributed by atoms with van der Waals surface area (Å²) in [6.07, 6.45) is 0.803. The first-order chi connectivity index (χ1) is 13.9. The van der Waals surface area contributed by atoms with Gasteiger partial charge in [-0.15, -0.1) is 0 Å². The summed E-state index contributed by atoms with van der Waals surface area (Å²) in [5, 5.41) is 6.45. The molecule has 2 aromatic rings. The third kappa shape index (κ3) is 7.57. The van der Waals surface area contributed by atoms with Crippen LogP contribution in [0, 0.1) is 0 Å². The number of nitrogens with zero attached hydrogens (tertiary/aromatic N) is 1. The van der Waals surface area contributed by atoms with E-state index < -0.39 is 0 Å². The van der Waals surface area contributed by atoms with Gasteiger partial charge in [-0.25, -0.2) is 0 Å². The van der Waals surface area contributed by atoms with E-state index in [4.69, 9.17) is 27.9 Å². The molecule has 0 saturated carbocycles. The maximum atomic E-state index is 12.5. The molecule has 0 spiro atoms. The summed E-state index contributed by atoms with van der Waals surface area (Å²) in [6.45, 7) is 5.12. The van der Waals surface area contributed by atoms with Crippen molar-refractivity contribution in [1.29, 1.82) is 0 Å². The van der Waals surface area contributed by atoms with Crippen molar-refractivity contribution < 1.29 is 14.3 Å². The van der Waals surface area contributed by atoms with Crippen molar-refractivity contribution in [3.63, 3.8) is 0 Å². The van der Waals surface area contributed by atoms with E-state index in [1.165, 1.54) is 0 Å². The van der Waals surface area contributed by atoms with Gasteiger partial charge in [0.05, 0.1) is 36.1 Å². The number of anilines is 2. The van der Waals surface area contributed by atoms with Crippen LogP contribution in [0.3, 0.4) is 0 Å². The third-order valence-corrected chi connectivity index (χ3v) is 4.49. The molecule has 156 valence electrons. The maximum absolute atomic E-state index is 12.5. The van der Waals surface area contributed by atoms with Gasteiger partial charge in [0.25, 0.3) is 0 Å². The quantitative estimate of drug-likeness (QED) is 0.565. The first-order valence-corrected chi connectivity index (χ1v) is 10.2. The minimum atomic E-state index is -0.259. The highest BCUT2D eigenvalue weighted by Gasteiger charge is 2.16. The Morgan fingerprint density at radius 3 is 2.24 bits per heavy atom. The van der Waals surface area contributed by atoms with Gasteiger partial charge in [-0.1, -0.05) is 42.3 Å². The fourth-order valence-electron chi connectivity index (χ4n) is 2.76. The Bertz CT molecular complexity index is 846. The van der Waals surface area contributed by atoms with Gasteiger partial charge >= 0.3 is 0 Å². The molecule has 0 radical (unpaired) electrons. The first-order valence-electron chi connectivity index (χ1n) is 9.41. The Labute approximate surface area is 181 Å². The lowest BCUT2D eigenvalue weighted by Gasteiger charge is -2.21. The molecule has 2 aromatic carbocycles. The predicted molar refractivity (Wildman–Crippen MR) is 118 cm³/mol. The molecule has 0 aromatic heterocycles. The average molecular weight is 438 g/mol. The fourth-order valence-corrected chi connectivity index (χ4v) is 3.21. The van der Waals surface area contributed by atoms with E-state index in [9.17, 15) is 9.59 Å². The van der Waals surface area contributed by atoms with Crippen LogP contribution in [0.15, 0.2) is 42.5 Å². The smallest absolute Gasteiger partial charge is 0.238 e. The maximum Gasteiger partial charge on any atom is 0.238 e. The van der Waals surface area contributed by atoms with E-state index in [2.05, 4.69) is 10.6 Å². The van der Waals surface area contributed by atoms with Crippen molar-refractivity contribution in [1.82, 2.24) is 4.90 Å². The number of nitrogens with one attached hydrogen (secondary N) is 2. The molecule has 0 aliphatic heterocycles. The number of hydrogen-bond donors (Lipinski definition) is 2. The Morgan fingerprint density at radius 2 is 1.62 bits per heavy atom. The first kappa shape index (κ1) is 23.0. The molecule has 6 nitrogen and oxygen atoms in total. The van der Waals surface area contributed by atoms with E-state index in [1.54, 1.807) is 35.2 Å². The molecule has 0 heterocycles. The molecular formula is C21H25Cl2N3O3. The van der Waals surface area contributed by atoms with Crippen LogP contribution in [0.4, 0.5) is 11.4 Å². The number of carbonyl (C=O) groups is 2. The predicted octanol–water partition coefficient (Wildman–Crippen LogP) is 4.68. The second kappa shape index (κ2) is 11.7. The SMILES string of the molecule is CCCN(CC(=O)Nc1ccc(Cl)cc1Cl)CC(=O)Nc1ccccc1OCC. The van der Waals surface area contributed by atoms with E-state index in [0.29, 0.717) is 40.3 Å². The molecule has 0 saturated heterocycles. The summed E-state index contributed by atoms with van der Waals surface area (Å²) >= 11 is 12.0. The van der Waals surface area contributed by atoms with E-state index >= 15 is 0 Å². The summed E-state index contributed by atoms with van der Waals surface area (Å²) in [4.78, 5) is 26.7. The molecule has 2 N–H and O–H groups in total. The lowest BCUT2D eigenvalue weighted by atomic mass is 10.3. The zero-order chi connectivity index (χ0) is 21.2. The summed E-state index contributed by atoms with van der Waals surface area (Å²) in [5.74, 6) is 0.133. The zero-order valence-corrected chi connectivity index (χ0v) is 18.0. The Morgan fingerprint density at radius 1 is 0.966 bits per heavy atom. The molecular weight excluding hydrogens is 413 g/mol. The van der Waals surface area contributed by atoms with Crippen LogP contribution in [-0.2, 0) is 9.59 Å². The fraction of sp³-hybridized carbons (Fsp3) is 0.333. The highest BCUT2D eigenvalue weighted by molar-refractivity contribution is 6.36. The molecule has 2 rings (SSSR count). The Kier molecular flexibility index (Phi) is 9.25. The van der Waals surface area contributed by atoms with Gasteiger partial charge in [0.2, 0.25) is 11.8 Å². The standard InChI is InChI=1S/C21H25Cl2N3O3/c1-3-11-26(13-20(27)24-17-10-9-15(22)12-16(17)23)14-21(28)25-18-7-5-6-8-19(18)29-4-2/h5-10,12H,3-4,11,13-14H2,1-2H3,(H,24,27)(H,25,28). The number of ether oxygens (including phenoxy) is 1. The lowest BCUT2D eigenvalue weighted by Crippen LogP contribution is -2.39. The molecule has 0 aliphatic rings. The van der Waals surface area contributed by atoms with Crippen molar-refractivity contribution in [3.05, 3.63) is 52.5 Å². The Hall–Kier alpha value is -2.28. The normalized spacial score (nSPS) is 10.7. The van der Waals surface area contributed by atoms with Crippen molar-refractivity contribution in [3.8, 4) is 5.75 Å². The molecule has 0 atom stereocenters. The summed E-state index contributed by atoms with van der Waals surface area (Å²) in [7, 11) is 0. The van der Waals surface area contributed by atoms with Gasteiger partial charge in [-0.2, -0.15) is 0 Å². The monoisotopic (exact) mass is 437 g/mol. The van der Waals surface area contributed by atoms with Crippen molar-refractivity contribution in [2.75, 3.05) is 36.9 Å². The summed E-state index contributed by atoms with van der Waals surface area (Å²) in [5.41, 5.74) is 1.08. The van der Waals surface area contributed by atoms with Crippen molar-refractivity contribution in [2.24, 2.45) is 0 Å². The van der Waals surface area contributed by atoms with Crippen LogP contribution < -0.4 is 15.4 Å². The third-order valence-electron chi connectivity index (χ3n) is 3.94. The number of hydrogen-bond acceptors (Lipinski definition) is 4. The zero-order valence-electron chi connectivity index (χ0n) is 16.5. The average Bonchev–Trinajstić information content (AvgIpc) is 2.66. The second-order valence-electron chi connectivity index (χ2n) is 6.36. The van der Waals surface area contributed by atoms with Crippen LogP contribution in [-0.4, -0.2) is 43.0 Å². The van der Waals surface area contributed by atoms with Crippen molar-refractivity contribution >= 4 is 46.4 Å². The molecule has 2 amide bonds. The number of benzene rings is 2. The van der Waals surface area contributed by atoms with E-state index in [1.807, 2.05) is 26.0 Å². The number of carbonyl (C=O) groups excluding carboxylic acids is 2. The number of rotatable bonds is 10. The second-order valence-corrected chi connectivity index (χ2v) is 7.20. The van der Waals surface area contributed by atoms with E-state index in [0.717, 1.165) is 6.42 Å². The van der Waals surface area contributed by atoms with Gasteiger partial charge < -0.3 is 15.4 Å². The Balaban J connectivity index is 1.96. The highest BCUT2D eigenvalue weighted by atomic mass is 35.5. The number of halogens is 2. The lowest BCUT2D eigenvalue weighted by molar-refractivity contribution is -0.120. The highest BCUT2D eigenvalue weighted by Crippen LogP contribution is 2.25. The van der Waals surface area contributed by atoms with Gasteiger partial charge in [0.15, 0.2) is 0 Å². The molecule has 0 aliphatic carbocycles. The molecule has 0 unspecified atom stereocenters. The van der Waals surface area contributed by atoms with Gasteiger partial charge in [-0.05, 0) is 50.2 Å². The summed E-state index contributed by atoms with van der Waals surface area (Å²) < 4.78 is 5.53. The minimum Gasteiger partial charge on any atom is -0.492 e. The number of amides is 2. The van der Waals surface area contributed by atoms with Crippen LogP contribution in [0.5, 0.6) is 5.75 Å². The van der Waals surface area contributed by atoms with Gasteiger partial charge in [0, 0.05) is 5.02 Å². The molecule has 0 bridgehead atoms. The van der Waals surface area contributed by atoms with Crippen LogP contribution in [0.25, 0.3) is 0 Å². The molecule has 8 heteroatoms. The van der Waals surface area contributed by atoms with Crippen LogP contribution >= 0.6 is 23.2 Å². The minimum absolute atomic E-state index is 0.0628. The topological polar surface area (TPSA) is 70.7 Å². The van der Waals surface area contributed by atoms with Crippen molar-refractivity contribution in [2.45, 2.75) is 20.3 Å². The van der Waals surface area contributed by atoms with Gasteiger partial charge in [0.1, 0.15) is 5.75 Å². The van der Waals surface area contributed by atoms with Crippen LogP contribution in [0.1, 0.15) is 20.3 Å². The summed E-state index contributed by atoms with van der Waals surface area (Å²) in [6, 6.07) is 12.1. The van der Waals surface area contributed by atoms with Gasteiger partial charge in [-0.3, -0.25) is 14.5 Å². The largest absolute Gasteiger partial charge is 0.492 e. The molecule has 0 fully saturated rings. The van der Waals surface area contributed by atoms with E-state index in [-0.39, 0.29) is 24.9 Å². The molecule has 29 heavy (non-hydrogen) atoms. The number of para-hydroxylation sites is 2. The van der Waals surface area contributed by atoms with Crippen LogP contribution in [0.2, 0.25) is 10.0 Å².